The molecule has 1 amide bonds. The van der Waals surface area contributed by atoms with Gasteiger partial charge in [0.05, 0.1) is 19.2 Å². The molecule has 1 aliphatic carbocycles. The molecule has 1 fully saturated rings. The van der Waals surface area contributed by atoms with Gasteiger partial charge >= 0.3 is 0 Å². The van der Waals surface area contributed by atoms with Gasteiger partial charge in [-0.05, 0) is 48.7 Å². The lowest BCUT2D eigenvalue weighted by molar-refractivity contribution is 0.0933. The first-order chi connectivity index (χ1) is 13.7. The van der Waals surface area contributed by atoms with E-state index in [1.165, 1.54) is 25.7 Å². The molecule has 0 unspecified atom stereocenters. The van der Waals surface area contributed by atoms with Crippen LogP contribution < -0.4 is 10.1 Å². The van der Waals surface area contributed by atoms with Crippen molar-refractivity contribution < 1.29 is 9.53 Å². The number of hydrogen-bond acceptors (Lipinski definition) is 4. The molecule has 1 heterocycles. The van der Waals surface area contributed by atoms with Crippen LogP contribution in [0.4, 0.5) is 0 Å². The number of carbonyl (C=O) groups excluding carboxylic acids is 1. The van der Waals surface area contributed by atoms with Crippen LogP contribution in [0, 0.1) is 0 Å². The molecule has 0 saturated heterocycles. The van der Waals surface area contributed by atoms with E-state index < -0.39 is 0 Å². The summed E-state index contributed by atoms with van der Waals surface area (Å²) in [6.45, 7) is 0.599. The van der Waals surface area contributed by atoms with Crippen LogP contribution in [0.15, 0.2) is 42.5 Å². The highest BCUT2D eigenvalue weighted by molar-refractivity contribution is 5.97. The Labute approximate surface area is 164 Å². The molecule has 146 valence electrons. The second-order valence-electron chi connectivity index (χ2n) is 7.46. The summed E-state index contributed by atoms with van der Waals surface area (Å²) in [5.74, 6) is 0.801. The number of rotatable bonds is 5. The maximum atomic E-state index is 12.7. The van der Waals surface area contributed by atoms with E-state index in [9.17, 15) is 4.79 Å². The lowest BCUT2D eigenvalue weighted by Crippen LogP contribution is -2.34. The summed E-state index contributed by atoms with van der Waals surface area (Å²) in [6.07, 6.45) is 7.09. The monoisotopic (exact) mass is 378 g/mol. The molecular formula is C22H26N4O2. The van der Waals surface area contributed by atoms with Crippen molar-refractivity contribution in [3.63, 3.8) is 0 Å². The largest absolute Gasteiger partial charge is 0.497 e. The van der Waals surface area contributed by atoms with Gasteiger partial charge in [-0.1, -0.05) is 43.0 Å². The zero-order valence-electron chi connectivity index (χ0n) is 16.2. The summed E-state index contributed by atoms with van der Waals surface area (Å²) in [5.41, 5.74) is 3.37. The van der Waals surface area contributed by atoms with E-state index in [-0.39, 0.29) is 11.9 Å². The molecule has 0 atom stereocenters. The van der Waals surface area contributed by atoms with Gasteiger partial charge in [0.25, 0.3) is 5.91 Å². The zero-order valence-corrected chi connectivity index (χ0v) is 16.2. The SMILES string of the molecule is COc1cccc(Cn2nnc3cc(C(=O)NC4CCCCCC4)ccc32)c1. The van der Waals surface area contributed by atoms with E-state index in [1.54, 1.807) is 7.11 Å². The molecule has 4 rings (SSSR count). The minimum atomic E-state index is -0.0175. The van der Waals surface area contributed by atoms with Crippen molar-refractivity contribution in [2.24, 2.45) is 0 Å². The van der Waals surface area contributed by atoms with Crippen molar-refractivity contribution in [1.82, 2.24) is 20.3 Å². The quantitative estimate of drug-likeness (QED) is 0.683. The summed E-state index contributed by atoms with van der Waals surface area (Å²) in [6, 6.07) is 13.8. The number of carbonyl (C=O) groups is 1. The molecular weight excluding hydrogens is 352 g/mol. The molecule has 1 N–H and O–H groups in total. The van der Waals surface area contributed by atoms with Crippen molar-refractivity contribution >= 4 is 16.9 Å². The highest BCUT2D eigenvalue weighted by atomic mass is 16.5. The summed E-state index contributed by atoms with van der Waals surface area (Å²) < 4.78 is 7.13. The molecule has 6 nitrogen and oxygen atoms in total. The van der Waals surface area contributed by atoms with Gasteiger partial charge in [-0.15, -0.1) is 5.10 Å². The van der Waals surface area contributed by atoms with Gasteiger partial charge in [-0.25, -0.2) is 4.68 Å². The van der Waals surface area contributed by atoms with Crippen molar-refractivity contribution in [3.05, 3.63) is 53.6 Å². The topological polar surface area (TPSA) is 69.0 Å². The Kier molecular flexibility index (Phi) is 5.55. The van der Waals surface area contributed by atoms with E-state index in [0.717, 1.165) is 35.2 Å². The molecule has 28 heavy (non-hydrogen) atoms. The molecule has 0 aliphatic heterocycles. The maximum Gasteiger partial charge on any atom is 0.251 e. The number of nitrogens with one attached hydrogen (secondary N) is 1. The summed E-state index contributed by atoms with van der Waals surface area (Å²) in [4.78, 5) is 12.7. The Morgan fingerprint density at radius 3 is 2.75 bits per heavy atom. The number of hydrogen-bond donors (Lipinski definition) is 1. The molecule has 0 spiro atoms. The average molecular weight is 378 g/mol. The van der Waals surface area contributed by atoms with Crippen LogP contribution in [-0.2, 0) is 6.54 Å². The molecule has 1 aliphatic rings. The third-order valence-electron chi connectivity index (χ3n) is 5.43. The van der Waals surface area contributed by atoms with Crippen LogP contribution in [0.2, 0.25) is 0 Å². The summed E-state index contributed by atoms with van der Waals surface area (Å²) >= 11 is 0. The van der Waals surface area contributed by atoms with Crippen LogP contribution in [0.1, 0.15) is 54.4 Å². The molecule has 6 heteroatoms. The normalized spacial score (nSPS) is 15.3. The fourth-order valence-electron chi connectivity index (χ4n) is 3.87. The fraction of sp³-hybridized carbons (Fsp3) is 0.409. The van der Waals surface area contributed by atoms with Crippen molar-refractivity contribution in [1.29, 1.82) is 0 Å². The number of fused-ring (bicyclic) bond motifs is 1. The predicted molar refractivity (Wildman–Crippen MR) is 109 cm³/mol. The van der Waals surface area contributed by atoms with Crippen LogP contribution in [-0.4, -0.2) is 34.1 Å². The van der Waals surface area contributed by atoms with Gasteiger partial charge in [0.2, 0.25) is 0 Å². The van der Waals surface area contributed by atoms with E-state index >= 15 is 0 Å². The number of nitrogens with zero attached hydrogens (tertiary/aromatic N) is 3. The van der Waals surface area contributed by atoms with Gasteiger partial charge in [-0.3, -0.25) is 4.79 Å². The lowest BCUT2D eigenvalue weighted by atomic mass is 10.1. The van der Waals surface area contributed by atoms with Crippen molar-refractivity contribution in [2.45, 2.75) is 51.1 Å². The molecule has 1 saturated carbocycles. The third kappa shape index (κ3) is 4.16. The number of amides is 1. The Morgan fingerprint density at radius 1 is 1.14 bits per heavy atom. The van der Waals surface area contributed by atoms with Crippen molar-refractivity contribution in [3.8, 4) is 5.75 Å². The lowest BCUT2D eigenvalue weighted by Gasteiger charge is -2.16. The molecule has 3 aromatic rings. The highest BCUT2D eigenvalue weighted by Gasteiger charge is 2.17. The minimum absolute atomic E-state index is 0.0175. The smallest absolute Gasteiger partial charge is 0.251 e. The number of aromatic nitrogens is 3. The summed E-state index contributed by atoms with van der Waals surface area (Å²) in [5, 5.41) is 11.7. The van der Waals surface area contributed by atoms with Gasteiger partial charge in [0.1, 0.15) is 11.3 Å². The van der Waals surface area contributed by atoms with Crippen LogP contribution in [0.25, 0.3) is 11.0 Å². The maximum absolute atomic E-state index is 12.7. The van der Waals surface area contributed by atoms with Gasteiger partial charge < -0.3 is 10.1 Å². The first-order valence-corrected chi connectivity index (χ1v) is 10.00. The number of benzene rings is 2. The highest BCUT2D eigenvalue weighted by Crippen LogP contribution is 2.20. The van der Waals surface area contributed by atoms with E-state index in [4.69, 9.17) is 4.74 Å². The Hall–Kier alpha value is -2.89. The van der Waals surface area contributed by atoms with Crippen molar-refractivity contribution in [2.75, 3.05) is 7.11 Å². The summed E-state index contributed by atoms with van der Waals surface area (Å²) in [7, 11) is 1.66. The van der Waals surface area contributed by atoms with Crippen LogP contribution >= 0.6 is 0 Å². The third-order valence-corrected chi connectivity index (χ3v) is 5.43. The molecule has 0 bridgehead atoms. The first kappa shape index (κ1) is 18.5. The second kappa shape index (κ2) is 8.42. The fourth-order valence-corrected chi connectivity index (χ4v) is 3.87. The number of ether oxygens (including phenoxy) is 1. The minimum Gasteiger partial charge on any atom is -0.497 e. The first-order valence-electron chi connectivity index (χ1n) is 10.00. The van der Waals surface area contributed by atoms with E-state index in [2.05, 4.69) is 15.6 Å². The Balaban J connectivity index is 1.49. The molecule has 0 radical (unpaired) electrons. The van der Waals surface area contributed by atoms with Gasteiger partial charge in [-0.2, -0.15) is 0 Å². The Bertz CT molecular complexity index is 958. The second-order valence-corrected chi connectivity index (χ2v) is 7.46. The molecule has 2 aromatic carbocycles. The average Bonchev–Trinajstić information content (AvgIpc) is 2.93. The van der Waals surface area contributed by atoms with Crippen LogP contribution in [0.3, 0.4) is 0 Å². The van der Waals surface area contributed by atoms with Gasteiger partial charge in [0.15, 0.2) is 0 Å². The van der Waals surface area contributed by atoms with Crippen LogP contribution in [0.5, 0.6) is 5.75 Å². The molecule has 1 aromatic heterocycles. The van der Waals surface area contributed by atoms with E-state index in [0.29, 0.717) is 12.1 Å². The predicted octanol–water partition coefficient (Wildman–Crippen LogP) is 3.94. The Morgan fingerprint density at radius 2 is 1.96 bits per heavy atom. The zero-order chi connectivity index (χ0) is 19.3. The van der Waals surface area contributed by atoms with E-state index in [1.807, 2.05) is 47.1 Å². The number of methoxy groups -OCH3 is 1. The van der Waals surface area contributed by atoms with Gasteiger partial charge in [0, 0.05) is 11.6 Å². The standard InChI is InChI=1S/C22H26N4O2/c1-28-19-10-6-7-16(13-19)15-26-21-12-11-17(14-20(21)24-25-26)22(27)23-18-8-4-2-3-5-9-18/h6-7,10-14,18H,2-5,8-9,15H2,1H3,(H,23,27).